The van der Waals surface area contributed by atoms with Crippen molar-refractivity contribution in [2.75, 3.05) is 27.4 Å². The highest BCUT2D eigenvalue weighted by molar-refractivity contribution is 7.09. The van der Waals surface area contributed by atoms with Gasteiger partial charge in [0.05, 0.1) is 13.7 Å². The Bertz CT molecular complexity index is 758. The lowest BCUT2D eigenvalue weighted by molar-refractivity contribution is 0.0594. The van der Waals surface area contributed by atoms with Gasteiger partial charge in [-0.2, -0.15) is 0 Å². The lowest BCUT2D eigenvalue weighted by Crippen LogP contribution is -2.32. The van der Waals surface area contributed by atoms with Crippen LogP contribution in [0.1, 0.15) is 57.6 Å². The molecule has 0 saturated heterocycles. The first-order chi connectivity index (χ1) is 13.6. The van der Waals surface area contributed by atoms with Crippen LogP contribution in [0, 0.1) is 0 Å². The Morgan fingerprint density at radius 2 is 1.89 bits per heavy atom. The number of hydrogen-bond acceptors (Lipinski definition) is 6. The molecule has 1 aromatic carbocycles. The number of unbranched alkanes of at least 4 members (excludes halogenated alkanes) is 1. The first-order valence-corrected chi connectivity index (χ1v) is 10.4. The summed E-state index contributed by atoms with van der Waals surface area (Å²) in [6.45, 7) is 3.64. The van der Waals surface area contributed by atoms with E-state index in [-0.39, 0.29) is 11.6 Å². The van der Waals surface area contributed by atoms with Gasteiger partial charge >= 0.3 is 5.97 Å². The number of carbonyl (C=O) groups is 2. The first kappa shape index (κ1) is 22.0. The highest BCUT2D eigenvalue weighted by atomic mass is 32.1. The molecule has 0 aliphatic rings. The van der Waals surface area contributed by atoms with E-state index in [1.807, 2.05) is 24.3 Å². The van der Waals surface area contributed by atoms with Gasteiger partial charge in [0.25, 0.3) is 5.91 Å². The number of amides is 1. The Hall–Kier alpha value is -2.25. The lowest BCUT2D eigenvalue weighted by Gasteiger charge is -2.22. The Balaban J connectivity index is 2.11. The molecule has 1 heterocycles. The fourth-order valence-corrected chi connectivity index (χ4v) is 3.55. The van der Waals surface area contributed by atoms with Crippen LogP contribution >= 0.6 is 11.3 Å². The Labute approximate surface area is 170 Å². The molecule has 0 N–H and O–H groups in total. The number of ether oxygens (including phenoxy) is 2. The Morgan fingerprint density at radius 3 is 2.54 bits per heavy atom. The summed E-state index contributed by atoms with van der Waals surface area (Å²) >= 11 is 1.35. The summed E-state index contributed by atoms with van der Waals surface area (Å²) < 4.78 is 9.82. The summed E-state index contributed by atoms with van der Waals surface area (Å²) in [7, 11) is 2.97. The molecule has 7 heteroatoms. The predicted molar refractivity (Wildman–Crippen MR) is 110 cm³/mol. The molecule has 0 atom stereocenters. The van der Waals surface area contributed by atoms with Crippen molar-refractivity contribution in [3.05, 3.63) is 51.5 Å². The number of aryl methyl sites for hydroxylation is 1. The highest BCUT2D eigenvalue weighted by Crippen LogP contribution is 2.17. The normalized spacial score (nSPS) is 10.7. The third kappa shape index (κ3) is 6.42. The number of methoxy groups -OCH3 is 2. The summed E-state index contributed by atoms with van der Waals surface area (Å²) in [5.74, 6) is -0.518. The minimum atomic E-state index is -0.470. The zero-order valence-electron chi connectivity index (χ0n) is 16.8. The number of benzene rings is 1. The van der Waals surface area contributed by atoms with E-state index in [0.29, 0.717) is 30.3 Å². The van der Waals surface area contributed by atoms with E-state index in [9.17, 15) is 9.59 Å². The quantitative estimate of drug-likeness (QED) is 0.419. The second-order valence-corrected chi connectivity index (χ2v) is 7.43. The summed E-state index contributed by atoms with van der Waals surface area (Å²) in [6.07, 6.45) is 4.04. The van der Waals surface area contributed by atoms with Crippen LogP contribution in [0.5, 0.6) is 0 Å². The molecule has 1 amide bonds. The van der Waals surface area contributed by atoms with Crippen molar-refractivity contribution in [3.8, 4) is 0 Å². The summed E-state index contributed by atoms with van der Waals surface area (Å²) in [6, 6.07) is 7.82. The number of nitrogens with zero attached hydrogens (tertiary/aromatic N) is 2. The zero-order chi connectivity index (χ0) is 20.4. The second kappa shape index (κ2) is 11.6. The van der Waals surface area contributed by atoms with E-state index < -0.39 is 5.97 Å². The maximum Gasteiger partial charge on any atom is 0.357 e. The monoisotopic (exact) mass is 404 g/mol. The van der Waals surface area contributed by atoms with Crippen LogP contribution in [0.3, 0.4) is 0 Å². The minimum absolute atomic E-state index is 0.0482. The molecular formula is C21H28N2O4S. The topological polar surface area (TPSA) is 68.7 Å². The molecule has 0 saturated carbocycles. The van der Waals surface area contributed by atoms with Crippen molar-refractivity contribution in [1.82, 2.24) is 9.88 Å². The van der Waals surface area contributed by atoms with Crippen molar-refractivity contribution in [2.45, 2.75) is 39.2 Å². The zero-order valence-corrected chi connectivity index (χ0v) is 17.6. The molecule has 0 spiro atoms. The van der Waals surface area contributed by atoms with Crippen LogP contribution < -0.4 is 0 Å². The third-order valence-corrected chi connectivity index (χ3v) is 5.19. The van der Waals surface area contributed by atoms with E-state index in [1.54, 1.807) is 17.4 Å². The molecule has 152 valence electrons. The van der Waals surface area contributed by atoms with Gasteiger partial charge in [0, 0.05) is 31.2 Å². The van der Waals surface area contributed by atoms with Crippen LogP contribution in [-0.2, 0) is 22.4 Å². The highest BCUT2D eigenvalue weighted by Gasteiger charge is 2.19. The van der Waals surface area contributed by atoms with Gasteiger partial charge in [-0.1, -0.05) is 25.5 Å². The van der Waals surface area contributed by atoms with Crippen LogP contribution in [0.2, 0.25) is 0 Å². The molecule has 0 bridgehead atoms. The van der Waals surface area contributed by atoms with Gasteiger partial charge in [-0.05, 0) is 37.0 Å². The maximum absolute atomic E-state index is 13.0. The van der Waals surface area contributed by atoms with E-state index in [2.05, 4.69) is 11.9 Å². The van der Waals surface area contributed by atoms with Gasteiger partial charge in [0.2, 0.25) is 0 Å². The fraction of sp³-hybridized carbons (Fsp3) is 0.476. The van der Waals surface area contributed by atoms with Crippen molar-refractivity contribution in [3.63, 3.8) is 0 Å². The number of carbonyl (C=O) groups excluding carboxylic acids is 2. The first-order valence-electron chi connectivity index (χ1n) is 9.48. The number of hydrogen-bond donors (Lipinski definition) is 0. The predicted octanol–water partition coefficient (Wildman–Crippen LogP) is 3.95. The van der Waals surface area contributed by atoms with Crippen molar-refractivity contribution >= 4 is 23.2 Å². The number of thiazole rings is 1. The second-order valence-electron chi connectivity index (χ2n) is 6.49. The van der Waals surface area contributed by atoms with Crippen LogP contribution in [0.15, 0.2) is 29.6 Å². The smallest absolute Gasteiger partial charge is 0.357 e. The average Bonchev–Trinajstić information content (AvgIpc) is 3.19. The maximum atomic E-state index is 13.0. The average molecular weight is 405 g/mol. The van der Waals surface area contributed by atoms with E-state index >= 15 is 0 Å². The van der Waals surface area contributed by atoms with Crippen LogP contribution in [-0.4, -0.2) is 49.1 Å². The molecule has 0 unspecified atom stereocenters. The summed E-state index contributed by atoms with van der Waals surface area (Å²) in [4.78, 5) is 30.7. The molecule has 2 aromatic rings. The summed E-state index contributed by atoms with van der Waals surface area (Å²) in [5.41, 5.74) is 2.17. The van der Waals surface area contributed by atoms with E-state index in [4.69, 9.17) is 9.47 Å². The third-order valence-electron chi connectivity index (χ3n) is 4.36. The van der Waals surface area contributed by atoms with Gasteiger partial charge < -0.3 is 14.4 Å². The molecule has 1 aromatic heterocycles. The van der Waals surface area contributed by atoms with Crippen molar-refractivity contribution < 1.29 is 19.1 Å². The molecule has 0 radical (unpaired) electrons. The number of esters is 1. The standard InChI is InChI=1S/C21H28N2O4S/c1-4-5-7-16-8-10-17(11-9-16)20(24)23(12-6-13-26-2)14-19-22-18(15-28-19)21(25)27-3/h8-11,15H,4-7,12-14H2,1-3H3. The molecule has 0 aliphatic carbocycles. The molecular weight excluding hydrogens is 376 g/mol. The van der Waals surface area contributed by atoms with Gasteiger partial charge in [0.15, 0.2) is 5.69 Å². The Morgan fingerprint density at radius 1 is 1.14 bits per heavy atom. The minimum Gasteiger partial charge on any atom is -0.464 e. The Kier molecular flexibility index (Phi) is 9.10. The van der Waals surface area contributed by atoms with E-state index in [0.717, 1.165) is 25.7 Å². The van der Waals surface area contributed by atoms with Crippen LogP contribution in [0.25, 0.3) is 0 Å². The van der Waals surface area contributed by atoms with Gasteiger partial charge in [0.1, 0.15) is 5.01 Å². The molecule has 2 rings (SSSR count). The molecule has 28 heavy (non-hydrogen) atoms. The van der Waals surface area contributed by atoms with Gasteiger partial charge in [-0.25, -0.2) is 9.78 Å². The van der Waals surface area contributed by atoms with Gasteiger partial charge in [-0.15, -0.1) is 11.3 Å². The summed E-state index contributed by atoms with van der Waals surface area (Å²) in [5, 5.41) is 2.35. The SMILES string of the molecule is CCCCc1ccc(C(=O)N(CCCOC)Cc2nc(C(=O)OC)cs2)cc1. The van der Waals surface area contributed by atoms with Crippen molar-refractivity contribution in [1.29, 1.82) is 0 Å². The number of aromatic nitrogens is 1. The fourth-order valence-electron chi connectivity index (χ4n) is 2.77. The molecule has 0 aliphatic heterocycles. The van der Waals surface area contributed by atoms with E-state index in [1.165, 1.54) is 24.0 Å². The van der Waals surface area contributed by atoms with Crippen molar-refractivity contribution in [2.24, 2.45) is 0 Å². The number of rotatable bonds is 11. The molecule has 6 nitrogen and oxygen atoms in total. The lowest BCUT2D eigenvalue weighted by atomic mass is 10.1. The van der Waals surface area contributed by atoms with Gasteiger partial charge in [-0.3, -0.25) is 4.79 Å². The molecule has 0 fully saturated rings. The largest absolute Gasteiger partial charge is 0.464 e. The van der Waals surface area contributed by atoms with Crippen LogP contribution in [0.4, 0.5) is 0 Å².